The van der Waals surface area contributed by atoms with Crippen LogP contribution in [0.15, 0.2) is 17.3 Å². The number of rotatable bonds is 7. The second-order valence-corrected chi connectivity index (χ2v) is 6.85. The van der Waals surface area contributed by atoms with Gasteiger partial charge in [-0.1, -0.05) is 18.5 Å². The Balaban J connectivity index is 0.00000450. The number of nitrogens with one attached hydrogen (secondary N) is 2. The third kappa shape index (κ3) is 7.97. The minimum atomic E-state index is -4.51. The molecule has 2 heterocycles. The highest BCUT2D eigenvalue weighted by atomic mass is 127. The summed E-state index contributed by atoms with van der Waals surface area (Å²) in [7, 11) is 0. The van der Waals surface area contributed by atoms with Crippen LogP contribution < -0.4 is 15.4 Å². The second kappa shape index (κ2) is 12.4. The normalized spacial score (nSPS) is 16.8. The van der Waals surface area contributed by atoms with Gasteiger partial charge in [-0.3, -0.25) is 4.79 Å². The van der Waals surface area contributed by atoms with Crippen molar-refractivity contribution < 1.29 is 22.7 Å². The van der Waals surface area contributed by atoms with Crippen molar-refractivity contribution in [2.45, 2.75) is 38.9 Å². The van der Waals surface area contributed by atoms with Crippen LogP contribution in [0.4, 0.5) is 13.2 Å². The maximum Gasteiger partial charge on any atom is 0.417 e. The smallest absolute Gasteiger partial charge is 0.417 e. The maximum atomic E-state index is 12.6. The van der Waals surface area contributed by atoms with Crippen molar-refractivity contribution in [1.29, 1.82) is 0 Å². The Morgan fingerprint density at radius 3 is 2.77 bits per heavy atom. The zero-order valence-electron chi connectivity index (χ0n) is 16.8. The lowest BCUT2D eigenvalue weighted by Crippen LogP contribution is -2.45. The van der Waals surface area contributed by atoms with Crippen molar-refractivity contribution in [2.24, 2.45) is 4.99 Å². The summed E-state index contributed by atoms with van der Waals surface area (Å²) < 4.78 is 43.2. The molecule has 0 aromatic carbocycles. The van der Waals surface area contributed by atoms with Crippen molar-refractivity contribution in [3.8, 4) is 5.88 Å². The van der Waals surface area contributed by atoms with Gasteiger partial charge in [0.15, 0.2) is 5.96 Å². The summed E-state index contributed by atoms with van der Waals surface area (Å²) in [6.45, 7) is 6.11. The van der Waals surface area contributed by atoms with Gasteiger partial charge in [0.25, 0.3) is 0 Å². The van der Waals surface area contributed by atoms with Crippen LogP contribution >= 0.6 is 35.6 Å². The van der Waals surface area contributed by atoms with E-state index in [4.69, 9.17) is 16.3 Å². The van der Waals surface area contributed by atoms with Gasteiger partial charge >= 0.3 is 6.18 Å². The van der Waals surface area contributed by atoms with Crippen LogP contribution in [0, 0.1) is 0 Å². The predicted molar refractivity (Wildman–Crippen MR) is 120 cm³/mol. The summed E-state index contributed by atoms with van der Waals surface area (Å²) in [5, 5.41) is 6.19. The number of amides is 1. The number of hydrogen-bond acceptors (Lipinski definition) is 4. The zero-order chi connectivity index (χ0) is 21.4. The summed E-state index contributed by atoms with van der Waals surface area (Å²) >= 11 is 5.81. The average molecular weight is 564 g/mol. The van der Waals surface area contributed by atoms with Crippen LogP contribution in [-0.4, -0.2) is 60.6 Å². The Morgan fingerprint density at radius 1 is 1.43 bits per heavy atom. The first-order chi connectivity index (χ1) is 13.7. The van der Waals surface area contributed by atoms with Crippen LogP contribution in [-0.2, 0) is 11.0 Å². The number of hydrogen-bond donors (Lipinski definition) is 2. The molecule has 1 aliphatic rings. The first kappa shape index (κ1) is 26.5. The van der Waals surface area contributed by atoms with E-state index in [9.17, 15) is 18.0 Å². The minimum Gasteiger partial charge on any atom is -0.475 e. The van der Waals surface area contributed by atoms with Crippen molar-refractivity contribution in [3.05, 3.63) is 22.8 Å². The van der Waals surface area contributed by atoms with Gasteiger partial charge in [0, 0.05) is 38.3 Å². The number of aliphatic imine (C=N–C) groups is 1. The second-order valence-electron chi connectivity index (χ2n) is 6.44. The molecule has 0 aliphatic carbocycles. The molecular weight excluding hydrogens is 538 g/mol. The number of pyridine rings is 1. The summed E-state index contributed by atoms with van der Waals surface area (Å²) in [5.41, 5.74) is -0.932. The molecule has 1 atom stereocenters. The minimum absolute atomic E-state index is 0. The summed E-state index contributed by atoms with van der Waals surface area (Å²) in [5.74, 6) is 0.640. The lowest BCUT2D eigenvalue weighted by Gasteiger charge is -2.18. The van der Waals surface area contributed by atoms with Crippen molar-refractivity contribution in [3.63, 3.8) is 0 Å². The molecule has 12 heteroatoms. The standard InChI is InChI=1S/C18H25ClF3N5O2.HI/c1-3-15(28)27-7-5-13(11-27)26-17(23-4-2)24-6-8-29-16-14(19)9-12(10-25-16)18(20,21)22;/h9-10,13H,3-8,11H2,1-2H3,(H2,23,24,26);1H. The zero-order valence-corrected chi connectivity index (χ0v) is 19.8. The summed E-state index contributed by atoms with van der Waals surface area (Å²) in [6, 6.07) is 0.887. The number of aromatic nitrogens is 1. The van der Waals surface area contributed by atoms with Crippen molar-refractivity contribution >= 4 is 47.4 Å². The van der Waals surface area contributed by atoms with Crippen molar-refractivity contribution in [2.75, 3.05) is 32.8 Å². The van der Waals surface area contributed by atoms with E-state index < -0.39 is 11.7 Å². The van der Waals surface area contributed by atoms with Crippen molar-refractivity contribution in [1.82, 2.24) is 20.5 Å². The van der Waals surface area contributed by atoms with Gasteiger partial charge in [0.1, 0.15) is 11.6 Å². The van der Waals surface area contributed by atoms with Crippen LogP contribution in [0.1, 0.15) is 32.3 Å². The molecule has 1 aromatic heterocycles. The van der Waals surface area contributed by atoms with Gasteiger partial charge in [-0.15, -0.1) is 24.0 Å². The largest absolute Gasteiger partial charge is 0.475 e. The van der Waals surface area contributed by atoms with Gasteiger partial charge in [-0.25, -0.2) is 9.98 Å². The molecule has 30 heavy (non-hydrogen) atoms. The number of guanidine groups is 1. The molecule has 1 unspecified atom stereocenters. The number of alkyl halides is 3. The summed E-state index contributed by atoms with van der Waals surface area (Å²) in [6.07, 6.45) is -2.51. The fourth-order valence-electron chi connectivity index (χ4n) is 2.83. The molecule has 170 valence electrons. The van der Waals surface area contributed by atoms with Gasteiger partial charge in [0.05, 0.1) is 12.1 Å². The van der Waals surface area contributed by atoms with E-state index in [0.29, 0.717) is 38.2 Å². The molecule has 0 bridgehead atoms. The van der Waals surface area contributed by atoms with Gasteiger partial charge < -0.3 is 20.3 Å². The maximum absolute atomic E-state index is 12.6. The lowest BCUT2D eigenvalue weighted by molar-refractivity contribution is -0.137. The van der Waals surface area contributed by atoms with E-state index in [-0.39, 0.29) is 60.0 Å². The Hall–Kier alpha value is -1.50. The van der Waals surface area contributed by atoms with E-state index in [2.05, 4.69) is 20.6 Å². The molecular formula is C18H26ClF3IN5O2. The highest BCUT2D eigenvalue weighted by Crippen LogP contribution is 2.33. The molecule has 1 aromatic rings. The molecule has 0 saturated carbocycles. The Kier molecular flexibility index (Phi) is 10.9. The highest BCUT2D eigenvalue weighted by Gasteiger charge is 2.31. The molecule has 1 amide bonds. The fraction of sp³-hybridized carbons (Fsp3) is 0.611. The van der Waals surface area contributed by atoms with E-state index in [1.807, 2.05) is 18.7 Å². The van der Waals surface area contributed by atoms with E-state index in [1.54, 1.807) is 0 Å². The monoisotopic (exact) mass is 563 g/mol. The Labute approximate surface area is 195 Å². The van der Waals surface area contributed by atoms with Crippen LogP contribution in [0.5, 0.6) is 5.88 Å². The first-order valence-electron chi connectivity index (χ1n) is 9.42. The topological polar surface area (TPSA) is 78.9 Å². The number of nitrogens with zero attached hydrogens (tertiary/aromatic N) is 3. The van der Waals surface area contributed by atoms with E-state index >= 15 is 0 Å². The van der Waals surface area contributed by atoms with E-state index in [0.717, 1.165) is 12.5 Å². The fourth-order valence-corrected chi connectivity index (χ4v) is 3.05. The van der Waals surface area contributed by atoms with Crippen LogP contribution in [0.2, 0.25) is 5.02 Å². The van der Waals surface area contributed by atoms with Crippen LogP contribution in [0.25, 0.3) is 0 Å². The predicted octanol–water partition coefficient (Wildman–Crippen LogP) is 3.32. The average Bonchev–Trinajstić information content (AvgIpc) is 3.13. The lowest BCUT2D eigenvalue weighted by atomic mass is 10.3. The summed E-state index contributed by atoms with van der Waals surface area (Å²) in [4.78, 5) is 21.6. The quantitative estimate of drug-likeness (QED) is 0.230. The third-order valence-corrected chi connectivity index (χ3v) is 4.53. The number of carbonyl (C=O) groups is 1. The van der Waals surface area contributed by atoms with Gasteiger partial charge in [-0.05, 0) is 19.4 Å². The first-order valence-corrected chi connectivity index (χ1v) is 9.80. The van der Waals surface area contributed by atoms with Crippen LogP contribution in [0.3, 0.4) is 0 Å². The molecule has 1 saturated heterocycles. The molecule has 0 radical (unpaired) electrons. The molecule has 1 aliphatic heterocycles. The highest BCUT2D eigenvalue weighted by molar-refractivity contribution is 14.0. The molecule has 0 spiro atoms. The molecule has 2 rings (SSSR count). The molecule has 7 nitrogen and oxygen atoms in total. The SMILES string of the molecule is CCNC(=NCCOc1ncc(C(F)(F)F)cc1Cl)NC1CCN(C(=O)CC)C1.I. The number of carbonyl (C=O) groups excluding carboxylic acids is 1. The number of likely N-dealkylation sites (tertiary alicyclic amines) is 1. The number of ether oxygens (including phenoxy) is 1. The number of halogens is 5. The Morgan fingerprint density at radius 2 is 2.17 bits per heavy atom. The third-order valence-electron chi connectivity index (χ3n) is 4.26. The van der Waals surface area contributed by atoms with Gasteiger partial charge in [0.2, 0.25) is 11.8 Å². The molecule has 1 fully saturated rings. The molecule has 2 N–H and O–H groups in total. The van der Waals surface area contributed by atoms with Gasteiger partial charge in [-0.2, -0.15) is 13.2 Å². The Bertz CT molecular complexity index is 736. The van der Waals surface area contributed by atoms with E-state index in [1.165, 1.54) is 0 Å².